The summed E-state index contributed by atoms with van der Waals surface area (Å²) in [5, 5.41) is 4.31. The average Bonchev–Trinajstić information content (AvgIpc) is 3.64. The zero-order valence-corrected chi connectivity index (χ0v) is 22.8. The van der Waals surface area contributed by atoms with Gasteiger partial charge >= 0.3 is 0 Å². The molecule has 4 aromatic carbocycles. The van der Waals surface area contributed by atoms with E-state index < -0.39 is 0 Å². The maximum Gasteiger partial charge on any atom is 0.227 e. The lowest BCUT2D eigenvalue weighted by atomic mass is 9.99. The van der Waals surface area contributed by atoms with Crippen LogP contribution in [0.3, 0.4) is 0 Å². The van der Waals surface area contributed by atoms with Gasteiger partial charge in [-0.15, -0.1) is 0 Å². The number of hydrogen-bond donors (Lipinski definition) is 0. The summed E-state index contributed by atoms with van der Waals surface area (Å²) < 4.78 is 15.2. The molecule has 4 heterocycles. The number of benzene rings is 4. The van der Waals surface area contributed by atoms with E-state index in [1.54, 1.807) is 6.20 Å². The topological polar surface area (TPSA) is 57.0 Å². The lowest BCUT2D eigenvalue weighted by Crippen LogP contribution is -2.03. The first kappa shape index (κ1) is 23.0. The van der Waals surface area contributed by atoms with Crippen molar-refractivity contribution < 1.29 is 8.83 Å². The second-order valence-corrected chi connectivity index (χ2v) is 11.0. The minimum atomic E-state index is 0.437. The van der Waals surface area contributed by atoms with Crippen molar-refractivity contribution >= 4 is 55.0 Å². The fourth-order valence-electron chi connectivity index (χ4n) is 6.19. The number of furan rings is 2. The fourth-order valence-corrected chi connectivity index (χ4v) is 6.19. The van der Waals surface area contributed by atoms with Crippen molar-refractivity contribution in [2.45, 2.75) is 33.6 Å². The van der Waals surface area contributed by atoms with Crippen LogP contribution in [0.2, 0.25) is 0 Å². The first-order chi connectivity index (χ1) is 19.5. The third kappa shape index (κ3) is 3.15. The Kier molecular flexibility index (Phi) is 4.78. The Balaban J connectivity index is 1.46. The van der Waals surface area contributed by atoms with Crippen molar-refractivity contribution in [1.82, 2.24) is 14.5 Å². The van der Waals surface area contributed by atoms with Crippen LogP contribution in [0.1, 0.15) is 36.5 Å². The van der Waals surface area contributed by atoms with E-state index in [1.807, 2.05) is 12.1 Å². The number of nitrogens with zero attached hydrogens (tertiary/aromatic N) is 3. The third-order valence-electron chi connectivity index (χ3n) is 8.15. The number of fused-ring (bicyclic) bond motifs is 7. The normalized spacial score (nSPS) is 12.2. The molecule has 0 amide bonds. The van der Waals surface area contributed by atoms with Crippen molar-refractivity contribution in [2.75, 3.05) is 0 Å². The van der Waals surface area contributed by atoms with Gasteiger partial charge in [0, 0.05) is 33.3 Å². The SMILES string of the molecule is Cc1cc2c(oc3cc(C(C)C)ccc32)c(C)c1-n1c(-c2cccc3c2oc2ncccc23)nc2ccccc21. The summed E-state index contributed by atoms with van der Waals surface area (Å²) in [5.74, 6) is 1.27. The van der Waals surface area contributed by atoms with Crippen LogP contribution in [0.25, 0.3) is 72.1 Å². The number of rotatable bonds is 3. The zero-order valence-electron chi connectivity index (χ0n) is 22.8. The fraction of sp³-hybridized carbons (Fsp3) is 0.143. The molecule has 0 radical (unpaired) electrons. The molecule has 8 rings (SSSR count). The van der Waals surface area contributed by atoms with Crippen LogP contribution in [0.4, 0.5) is 0 Å². The smallest absolute Gasteiger partial charge is 0.227 e. The first-order valence-corrected chi connectivity index (χ1v) is 13.7. The Labute approximate surface area is 230 Å². The lowest BCUT2D eigenvalue weighted by Gasteiger charge is -2.16. The summed E-state index contributed by atoms with van der Waals surface area (Å²) in [6, 6.07) is 27.4. The molecule has 8 aromatic rings. The van der Waals surface area contributed by atoms with E-state index in [1.165, 1.54) is 5.56 Å². The maximum atomic E-state index is 6.58. The molecule has 0 fully saturated rings. The Hall–Kier alpha value is -4.90. The van der Waals surface area contributed by atoms with E-state index >= 15 is 0 Å². The maximum absolute atomic E-state index is 6.58. The van der Waals surface area contributed by atoms with E-state index in [2.05, 4.69) is 104 Å². The predicted octanol–water partition coefficient (Wildman–Crippen LogP) is 9.63. The standard InChI is InChI=1S/C35H27N3O2/c1-19(2)22-14-15-23-27-17-20(3)31(21(4)32(27)39-30(23)18-22)38-29-13-6-5-12-28(29)37-34(38)26-10-7-9-24-25-11-8-16-36-35(25)40-33(24)26/h5-19H,1-4H3. The van der Waals surface area contributed by atoms with Crippen LogP contribution < -0.4 is 0 Å². The van der Waals surface area contributed by atoms with E-state index in [0.717, 1.165) is 77.5 Å². The summed E-state index contributed by atoms with van der Waals surface area (Å²) in [5.41, 5.74) is 10.7. The van der Waals surface area contributed by atoms with Gasteiger partial charge in [-0.05, 0) is 73.4 Å². The summed E-state index contributed by atoms with van der Waals surface area (Å²) in [6.45, 7) is 8.75. The van der Waals surface area contributed by atoms with Gasteiger partial charge in [0.1, 0.15) is 22.6 Å². The highest BCUT2D eigenvalue weighted by molar-refractivity contribution is 6.09. The molecule has 0 saturated carbocycles. The molecule has 0 saturated heterocycles. The molecule has 194 valence electrons. The third-order valence-corrected chi connectivity index (χ3v) is 8.15. The largest absolute Gasteiger partial charge is 0.456 e. The molecule has 0 N–H and O–H groups in total. The highest BCUT2D eigenvalue weighted by Crippen LogP contribution is 2.41. The summed E-state index contributed by atoms with van der Waals surface area (Å²) >= 11 is 0. The molecule has 0 spiro atoms. The average molecular weight is 522 g/mol. The second kappa shape index (κ2) is 8.30. The van der Waals surface area contributed by atoms with E-state index in [4.69, 9.17) is 13.8 Å². The predicted molar refractivity (Wildman–Crippen MR) is 162 cm³/mol. The molecule has 0 aliphatic heterocycles. The number of aromatic nitrogens is 3. The molecule has 40 heavy (non-hydrogen) atoms. The highest BCUT2D eigenvalue weighted by atomic mass is 16.3. The quantitative estimate of drug-likeness (QED) is 0.232. The number of pyridine rings is 1. The van der Waals surface area contributed by atoms with Gasteiger partial charge in [0.15, 0.2) is 0 Å². The monoisotopic (exact) mass is 521 g/mol. The minimum Gasteiger partial charge on any atom is -0.456 e. The summed E-state index contributed by atoms with van der Waals surface area (Å²) in [6.07, 6.45) is 1.76. The van der Waals surface area contributed by atoms with Gasteiger partial charge in [0.25, 0.3) is 0 Å². The molecular weight excluding hydrogens is 494 g/mol. The number of imidazole rings is 1. The first-order valence-electron chi connectivity index (χ1n) is 13.7. The van der Waals surface area contributed by atoms with Gasteiger partial charge < -0.3 is 8.83 Å². The van der Waals surface area contributed by atoms with Gasteiger partial charge in [0.05, 0.1) is 22.3 Å². The van der Waals surface area contributed by atoms with Crippen LogP contribution >= 0.6 is 0 Å². The van der Waals surface area contributed by atoms with E-state index in [-0.39, 0.29) is 0 Å². The molecule has 0 bridgehead atoms. The molecular formula is C35H27N3O2. The second-order valence-electron chi connectivity index (χ2n) is 11.0. The lowest BCUT2D eigenvalue weighted by molar-refractivity contribution is 0.654. The molecule has 5 heteroatoms. The number of hydrogen-bond acceptors (Lipinski definition) is 4. The zero-order chi connectivity index (χ0) is 27.1. The van der Waals surface area contributed by atoms with Crippen LogP contribution in [0.15, 0.2) is 93.9 Å². The van der Waals surface area contributed by atoms with Gasteiger partial charge in [-0.2, -0.15) is 0 Å². The number of aryl methyl sites for hydroxylation is 2. The van der Waals surface area contributed by atoms with Gasteiger partial charge in [-0.3, -0.25) is 4.57 Å². The van der Waals surface area contributed by atoms with Crippen molar-refractivity contribution in [1.29, 1.82) is 0 Å². The summed E-state index contributed by atoms with van der Waals surface area (Å²) in [7, 11) is 0. The van der Waals surface area contributed by atoms with E-state index in [0.29, 0.717) is 11.6 Å². The van der Waals surface area contributed by atoms with Gasteiger partial charge in [-0.25, -0.2) is 9.97 Å². The molecule has 0 aliphatic carbocycles. The van der Waals surface area contributed by atoms with Crippen molar-refractivity contribution in [3.8, 4) is 17.1 Å². The molecule has 0 atom stereocenters. The van der Waals surface area contributed by atoms with Crippen molar-refractivity contribution in [3.05, 3.63) is 102 Å². The molecule has 0 unspecified atom stereocenters. The van der Waals surface area contributed by atoms with Gasteiger partial charge in [-0.1, -0.05) is 50.2 Å². The van der Waals surface area contributed by atoms with Crippen molar-refractivity contribution in [2.24, 2.45) is 0 Å². The Morgan fingerprint density at radius 3 is 2.48 bits per heavy atom. The highest BCUT2D eigenvalue weighted by Gasteiger charge is 2.24. The van der Waals surface area contributed by atoms with Crippen molar-refractivity contribution in [3.63, 3.8) is 0 Å². The number of para-hydroxylation sites is 3. The van der Waals surface area contributed by atoms with Crippen LogP contribution in [-0.2, 0) is 0 Å². The molecule has 4 aromatic heterocycles. The summed E-state index contributed by atoms with van der Waals surface area (Å²) in [4.78, 5) is 9.64. The minimum absolute atomic E-state index is 0.437. The molecule has 0 aliphatic rings. The Bertz CT molecular complexity index is 2280. The Morgan fingerprint density at radius 1 is 0.750 bits per heavy atom. The van der Waals surface area contributed by atoms with Crippen LogP contribution in [-0.4, -0.2) is 14.5 Å². The van der Waals surface area contributed by atoms with Crippen LogP contribution in [0.5, 0.6) is 0 Å². The Morgan fingerprint density at radius 2 is 1.60 bits per heavy atom. The van der Waals surface area contributed by atoms with Crippen LogP contribution in [0, 0.1) is 13.8 Å². The van der Waals surface area contributed by atoms with Gasteiger partial charge in [0.2, 0.25) is 5.71 Å². The van der Waals surface area contributed by atoms with E-state index in [9.17, 15) is 0 Å². The molecule has 5 nitrogen and oxygen atoms in total.